The van der Waals surface area contributed by atoms with Crippen LogP contribution in [0.15, 0.2) is 59.8 Å². The van der Waals surface area contributed by atoms with Crippen molar-refractivity contribution in [1.29, 1.82) is 0 Å². The Balaban J connectivity index is 1.54. The minimum absolute atomic E-state index is 0.0729. The third kappa shape index (κ3) is 13.0. The minimum Gasteiger partial charge on any atom is -0.410 e. The van der Waals surface area contributed by atoms with Crippen molar-refractivity contribution in [2.24, 2.45) is 5.16 Å². The number of unbranched alkanes of at least 4 members (excludes halogenated alkanes) is 13. The Hall–Kier alpha value is -2.51. The van der Waals surface area contributed by atoms with Gasteiger partial charge in [-0.3, -0.25) is 9.35 Å². The molecule has 2 rings (SSSR count). The van der Waals surface area contributed by atoms with Crippen molar-refractivity contribution in [3.05, 3.63) is 71.3 Å². The largest absolute Gasteiger partial charge is 0.410 e. The van der Waals surface area contributed by atoms with Gasteiger partial charge in [-0.1, -0.05) is 137 Å². The molecule has 6 nitrogen and oxygen atoms in total. The van der Waals surface area contributed by atoms with E-state index < -0.39 is 10.1 Å². The second-order valence-electron chi connectivity index (χ2n) is 9.79. The number of rotatable bonds is 20. The maximum Gasteiger partial charge on any atom is 0.264 e. The highest BCUT2D eigenvalue weighted by molar-refractivity contribution is 7.85. The first-order valence-corrected chi connectivity index (χ1v) is 15.4. The Labute approximate surface area is 222 Å². The number of oxime groups is 1. The molecule has 0 spiro atoms. The lowest BCUT2D eigenvalue weighted by Crippen LogP contribution is -2.17. The van der Waals surface area contributed by atoms with Gasteiger partial charge in [0.15, 0.2) is 5.71 Å². The van der Waals surface area contributed by atoms with Crippen LogP contribution in [-0.4, -0.2) is 35.4 Å². The number of benzene rings is 2. The van der Waals surface area contributed by atoms with Gasteiger partial charge in [-0.05, 0) is 24.8 Å². The van der Waals surface area contributed by atoms with Gasteiger partial charge >= 0.3 is 0 Å². The van der Waals surface area contributed by atoms with Crippen molar-refractivity contribution >= 4 is 21.6 Å². The molecule has 0 aliphatic carbocycles. The molecule has 0 heterocycles. The molecule has 0 saturated carbocycles. The fourth-order valence-corrected chi connectivity index (χ4v) is 5.21. The Morgan fingerprint density at radius 2 is 1.11 bits per heavy atom. The molecular formula is C30H43NO5S. The number of ketones is 1. The number of hydrogen-bond donors (Lipinski definition) is 2. The van der Waals surface area contributed by atoms with Gasteiger partial charge in [0.2, 0.25) is 5.78 Å². The van der Waals surface area contributed by atoms with E-state index in [1.165, 1.54) is 51.4 Å². The summed E-state index contributed by atoms with van der Waals surface area (Å²) in [5.74, 6) is -0.364. The molecule has 7 heteroatoms. The summed E-state index contributed by atoms with van der Waals surface area (Å²) in [5.41, 5.74) is 2.29. The molecule has 0 aliphatic heterocycles. The molecule has 37 heavy (non-hydrogen) atoms. The summed E-state index contributed by atoms with van der Waals surface area (Å²) < 4.78 is 30.0. The SMILES string of the molecule is O=C(C(=NO)c1ccccc1)c1ccccc1CCCCCCCCCCCCCCCCS(=O)(=O)O. The summed E-state index contributed by atoms with van der Waals surface area (Å²) in [6, 6.07) is 16.7. The number of carbonyl (C=O) groups is 1. The topological polar surface area (TPSA) is 104 Å². The smallest absolute Gasteiger partial charge is 0.264 e. The first-order valence-electron chi connectivity index (χ1n) is 13.8. The number of Topliss-reactive ketones (excluding diaryl/α,β-unsaturated/α-hetero) is 1. The maximum atomic E-state index is 13.1. The predicted molar refractivity (Wildman–Crippen MR) is 150 cm³/mol. The average molecular weight is 530 g/mol. The van der Waals surface area contributed by atoms with Gasteiger partial charge in [-0.25, -0.2) is 0 Å². The van der Waals surface area contributed by atoms with Crippen LogP contribution < -0.4 is 0 Å². The molecule has 204 valence electrons. The van der Waals surface area contributed by atoms with E-state index in [1.807, 2.05) is 42.5 Å². The van der Waals surface area contributed by atoms with Crippen molar-refractivity contribution in [2.45, 2.75) is 96.3 Å². The highest BCUT2D eigenvalue weighted by Crippen LogP contribution is 2.18. The summed E-state index contributed by atoms with van der Waals surface area (Å²) in [6.07, 6.45) is 16.6. The minimum atomic E-state index is -3.80. The fraction of sp³-hybridized carbons (Fsp3) is 0.533. The van der Waals surface area contributed by atoms with E-state index >= 15 is 0 Å². The maximum absolute atomic E-state index is 13.1. The zero-order valence-electron chi connectivity index (χ0n) is 22.0. The van der Waals surface area contributed by atoms with Gasteiger partial charge in [-0.15, -0.1) is 0 Å². The first kappa shape index (κ1) is 30.7. The van der Waals surface area contributed by atoms with Crippen molar-refractivity contribution in [2.75, 3.05) is 5.75 Å². The van der Waals surface area contributed by atoms with E-state index in [0.29, 0.717) is 17.5 Å². The zero-order chi connectivity index (χ0) is 26.8. The fourth-order valence-electron chi connectivity index (χ4n) is 4.64. The monoisotopic (exact) mass is 529 g/mol. The quantitative estimate of drug-likeness (QED) is 0.0458. The molecule has 0 radical (unpaired) electrons. The van der Waals surface area contributed by atoms with Gasteiger partial charge in [0.25, 0.3) is 10.1 Å². The lowest BCUT2D eigenvalue weighted by atomic mass is 9.94. The van der Waals surface area contributed by atoms with Crippen LogP contribution in [0.2, 0.25) is 0 Å². The zero-order valence-corrected chi connectivity index (χ0v) is 22.8. The second-order valence-corrected chi connectivity index (χ2v) is 11.4. The second kappa shape index (κ2) is 17.9. The van der Waals surface area contributed by atoms with Gasteiger partial charge in [0.1, 0.15) is 0 Å². The highest BCUT2D eigenvalue weighted by atomic mass is 32.2. The lowest BCUT2D eigenvalue weighted by Gasteiger charge is -2.10. The molecule has 0 saturated heterocycles. The Bertz CT molecular complexity index is 1050. The number of aryl methyl sites for hydroxylation is 1. The molecule has 0 aromatic heterocycles. The molecule has 0 unspecified atom stereocenters. The van der Waals surface area contributed by atoms with Crippen LogP contribution in [0.3, 0.4) is 0 Å². The van der Waals surface area contributed by atoms with E-state index in [1.54, 1.807) is 12.1 Å². The summed E-state index contributed by atoms with van der Waals surface area (Å²) in [5, 5.41) is 12.8. The Kier molecular flexibility index (Phi) is 14.8. The van der Waals surface area contributed by atoms with Gasteiger partial charge in [0.05, 0.1) is 5.75 Å². The molecule has 0 fully saturated rings. The molecule has 0 amide bonds. The van der Waals surface area contributed by atoms with Crippen LogP contribution in [0.1, 0.15) is 111 Å². The van der Waals surface area contributed by atoms with E-state index in [2.05, 4.69) is 5.16 Å². The standard InChI is InChI=1S/C30H43NO5S/c32-30(29(31-33)27-22-15-13-16-23-27)28-24-18-17-21-26(28)20-14-11-9-7-5-3-1-2-4-6-8-10-12-19-25-37(34,35)36/h13,15-18,21-24,33H,1-12,14,19-20,25H2,(H,34,35,36). The molecule has 0 atom stereocenters. The van der Waals surface area contributed by atoms with Crippen LogP contribution in [0, 0.1) is 0 Å². The summed E-state index contributed by atoms with van der Waals surface area (Å²) in [6.45, 7) is 0. The molecule has 0 aliphatic rings. The van der Waals surface area contributed by atoms with E-state index in [4.69, 9.17) is 4.55 Å². The van der Waals surface area contributed by atoms with Crippen LogP contribution in [-0.2, 0) is 16.5 Å². The summed E-state index contributed by atoms with van der Waals surface area (Å²) in [4.78, 5) is 13.1. The Morgan fingerprint density at radius 1 is 0.649 bits per heavy atom. The molecule has 2 N–H and O–H groups in total. The van der Waals surface area contributed by atoms with Crippen LogP contribution in [0.25, 0.3) is 0 Å². The molecule has 0 bridgehead atoms. The first-order chi connectivity index (χ1) is 17.9. The van der Waals surface area contributed by atoms with Gasteiger partial charge < -0.3 is 5.21 Å². The van der Waals surface area contributed by atoms with Crippen molar-refractivity contribution in [3.63, 3.8) is 0 Å². The van der Waals surface area contributed by atoms with Gasteiger partial charge in [-0.2, -0.15) is 8.42 Å². The average Bonchev–Trinajstić information content (AvgIpc) is 2.89. The predicted octanol–water partition coefficient (Wildman–Crippen LogP) is 7.64. The van der Waals surface area contributed by atoms with Crippen LogP contribution >= 0.6 is 0 Å². The van der Waals surface area contributed by atoms with Crippen molar-refractivity contribution in [1.82, 2.24) is 0 Å². The van der Waals surface area contributed by atoms with Crippen molar-refractivity contribution < 1.29 is 23.0 Å². The molecule has 2 aromatic rings. The van der Waals surface area contributed by atoms with E-state index in [-0.39, 0.29) is 17.2 Å². The van der Waals surface area contributed by atoms with Gasteiger partial charge in [0, 0.05) is 11.1 Å². The number of nitrogens with zero attached hydrogens (tertiary/aromatic N) is 1. The van der Waals surface area contributed by atoms with Crippen LogP contribution in [0.4, 0.5) is 0 Å². The number of hydrogen-bond acceptors (Lipinski definition) is 5. The summed E-state index contributed by atoms with van der Waals surface area (Å²) in [7, 11) is -3.80. The molecule has 2 aromatic carbocycles. The normalized spacial score (nSPS) is 12.1. The molecular weight excluding hydrogens is 486 g/mol. The summed E-state index contributed by atoms with van der Waals surface area (Å²) >= 11 is 0. The highest BCUT2D eigenvalue weighted by Gasteiger charge is 2.19. The third-order valence-corrected chi connectivity index (χ3v) is 7.53. The van der Waals surface area contributed by atoms with Crippen molar-refractivity contribution in [3.8, 4) is 0 Å². The lowest BCUT2D eigenvalue weighted by molar-refractivity contribution is 0.106. The Morgan fingerprint density at radius 3 is 1.62 bits per heavy atom. The van der Waals surface area contributed by atoms with E-state index in [0.717, 1.165) is 44.1 Å². The van der Waals surface area contributed by atoms with E-state index in [9.17, 15) is 18.4 Å². The third-order valence-electron chi connectivity index (χ3n) is 6.72. The van der Waals surface area contributed by atoms with Crippen LogP contribution in [0.5, 0.6) is 0 Å². The number of carbonyl (C=O) groups excluding carboxylic acids is 1.